The lowest BCUT2D eigenvalue weighted by atomic mass is 10.1. The highest BCUT2D eigenvalue weighted by atomic mass is 32.1. The molecule has 33 heavy (non-hydrogen) atoms. The highest BCUT2D eigenvalue weighted by Gasteiger charge is 2.22. The molecule has 0 atom stereocenters. The molecule has 2 N–H and O–H groups in total. The van der Waals surface area contributed by atoms with Crippen molar-refractivity contribution in [3.8, 4) is 10.4 Å². The number of amides is 1. The van der Waals surface area contributed by atoms with E-state index in [9.17, 15) is 4.79 Å². The van der Waals surface area contributed by atoms with Crippen LogP contribution in [0.2, 0.25) is 25.7 Å². The first kappa shape index (κ1) is 25.4. The van der Waals surface area contributed by atoms with Gasteiger partial charge >= 0.3 is 0 Å². The average molecular weight is 488 g/mol. The Balaban J connectivity index is 1.76. The lowest BCUT2D eigenvalue weighted by Gasteiger charge is -2.22. The highest BCUT2D eigenvalue weighted by molar-refractivity contribution is 7.17. The lowest BCUT2D eigenvalue weighted by molar-refractivity contribution is -0.127. The zero-order chi connectivity index (χ0) is 24.0. The van der Waals surface area contributed by atoms with Crippen LogP contribution < -0.4 is 5.73 Å². The molecule has 7 nitrogen and oxygen atoms in total. The number of carbonyl (C=O) groups is 1. The second kappa shape index (κ2) is 11.3. The van der Waals surface area contributed by atoms with Crippen molar-refractivity contribution in [1.29, 1.82) is 0 Å². The number of carbonyl (C=O) groups excluding carboxylic acids is 1. The molecule has 0 bridgehead atoms. The quantitative estimate of drug-likeness (QED) is 0.342. The van der Waals surface area contributed by atoms with E-state index in [0.29, 0.717) is 24.6 Å². The summed E-state index contributed by atoms with van der Waals surface area (Å²) >= 11 is 1.61. The molecule has 180 valence electrons. The molecule has 2 aromatic rings. The Kier molecular flexibility index (Phi) is 8.67. The van der Waals surface area contributed by atoms with Gasteiger partial charge in [0, 0.05) is 56.4 Å². The van der Waals surface area contributed by atoms with E-state index in [2.05, 4.69) is 43.6 Å². The molecule has 0 saturated heterocycles. The van der Waals surface area contributed by atoms with Crippen molar-refractivity contribution in [3.63, 3.8) is 0 Å². The number of fused-ring (bicyclic) bond motifs is 1. The molecule has 1 aliphatic rings. The molecule has 0 unspecified atom stereocenters. The Hall–Kier alpha value is -2.23. The maximum atomic E-state index is 13.2. The van der Waals surface area contributed by atoms with Crippen LogP contribution in [-0.4, -0.2) is 54.2 Å². The van der Waals surface area contributed by atoms with Crippen LogP contribution in [0.25, 0.3) is 16.5 Å². The van der Waals surface area contributed by atoms with Gasteiger partial charge in [-0.25, -0.2) is 9.67 Å². The number of aliphatic imine (C=N–C) groups is 1. The summed E-state index contributed by atoms with van der Waals surface area (Å²) in [5, 5.41) is 4.45. The van der Waals surface area contributed by atoms with Crippen LogP contribution in [0.5, 0.6) is 0 Å². The molecule has 0 aromatic carbocycles. The lowest BCUT2D eigenvalue weighted by Crippen LogP contribution is -2.34. The number of nitrogens with zero attached hydrogens (tertiary/aromatic N) is 4. The summed E-state index contributed by atoms with van der Waals surface area (Å²) in [6, 6.07) is 3.17. The summed E-state index contributed by atoms with van der Waals surface area (Å²) in [5.74, 6) is 0.528. The van der Waals surface area contributed by atoms with Crippen molar-refractivity contribution in [3.05, 3.63) is 28.9 Å². The number of amidine groups is 1. The van der Waals surface area contributed by atoms with Crippen molar-refractivity contribution >= 4 is 42.9 Å². The second-order valence-corrected chi connectivity index (χ2v) is 16.4. The van der Waals surface area contributed by atoms with Crippen LogP contribution in [0, 0.1) is 0 Å². The number of hydrogen-bond donors (Lipinski definition) is 1. The fourth-order valence-corrected chi connectivity index (χ4v) is 5.42. The summed E-state index contributed by atoms with van der Waals surface area (Å²) in [6.45, 7) is 13.9. The molecule has 0 spiro atoms. The van der Waals surface area contributed by atoms with Crippen molar-refractivity contribution in [2.24, 2.45) is 10.7 Å². The predicted molar refractivity (Wildman–Crippen MR) is 141 cm³/mol. The number of aromatic nitrogens is 2. The molecule has 0 fully saturated rings. The number of thiophene rings is 1. The van der Waals surface area contributed by atoms with Crippen LogP contribution in [0.3, 0.4) is 0 Å². The van der Waals surface area contributed by atoms with Gasteiger partial charge in [-0.15, -0.1) is 11.3 Å². The van der Waals surface area contributed by atoms with Crippen molar-refractivity contribution < 1.29 is 9.53 Å². The number of ether oxygens (including phenoxy) is 1. The van der Waals surface area contributed by atoms with E-state index in [0.717, 1.165) is 59.6 Å². The molecular weight excluding hydrogens is 450 g/mol. The SMILES string of the molecule is CCCN(CCC)C(=O)C1=Cc2sc(-c3cnn(COCC[Si](C)(C)C)c3)cc2N=C(N)C1. The van der Waals surface area contributed by atoms with E-state index < -0.39 is 8.07 Å². The van der Waals surface area contributed by atoms with Crippen molar-refractivity contribution in [1.82, 2.24) is 14.7 Å². The van der Waals surface area contributed by atoms with Crippen LogP contribution in [0.15, 0.2) is 29.0 Å². The Morgan fingerprint density at radius 1 is 1.27 bits per heavy atom. The first-order valence-corrected chi connectivity index (χ1v) is 16.3. The highest BCUT2D eigenvalue weighted by Crippen LogP contribution is 2.39. The Morgan fingerprint density at radius 2 is 2.00 bits per heavy atom. The fraction of sp³-hybridized carbons (Fsp3) is 0.542. The topological polar surface area (TPSA) is 85.7 Å². The first-order chi connectivity index (χ1) is 15.7. The van der Waals surface area contributed by atoms with Gasteiger partial charge in [0.15, 0.2) is 0 Å². The maximum absolute atomic E-state index is 13.2. The van der Waals surface area contributed by atoms with Crippen LogP contribution in [0.1, 0.15) is 38.0 Å². The number of nitrogens with two attached hydrogens (primary N) is 1. The van der Waals surface area contributed by atoms with Gasteiger partial charge < -0.3 is 15.4 Å². The van der Waals surface area contributed by atoms with Gasteiger partial charge in [-0.3, -0.25) is 4.79 Å². The van der Waals surface area contributed by atoms with E-state index in [1.54, 1.807) is 11.3 Å². The molecular formula is C24H37N5O2SSi. The van der Waals surface area contributed by atoms with Crippen LogP contribution >= 0.6 is 11.3 Å². The zero-order valence-electron chi connectivity index (χ0n) is 20.6. The van der Waals surface area contributed by atoms with Crippen molar-refractivity contribution in [2.45, 2.75) is 65.5 Å². The predicted octanol–water partition coefficient (Wildman–Crippen LogP) is 5.35. The van der Waals surface area contributed by atoms with Crippen LogP contribution in [-0.2, 0) is 16.3 Å². The van der Waals surface area contributed by atoms with Gasteiger partial charge in [0.25, 0.3) is 0 Å². The van der Waals surface area contributed by atoms with E-state index in [-0.39, 0.29) is 5.91 Å². The van der Waals surface area contributed by atoms with Crippen LogP contribution in [0.4, 0.5) is 5.69 Å². The molecule has 1 amide bonds. The summed E-state index contributed by atoms with van der Waals surface area (Å²) < 4.78 is 7.63. The minimum absolute atomic E-state index is 0.0583. The Bertz CT molecular complexity index is 1010. The summed E-state index contributed by atoms with van der Waals surface area (Å²) in [6.07, 6.45) is 8.06. The smallest absolute Gasteiger partial charge is 0.250 e. The molecule has 9 heteroatoms. The number of rotatable bonds is 11. The molecule has 0 aliphatic carbocycles. The van der Waals surface area contributed by atoms with E-state index >= 15 is 0 Å². The first-order valence-electron chi connectivity index (χ1n) is 11.8. The summed E-state index contributed by atoms with van der Waals surface area (Å²) in [7, 11) is -1.10. The van der Waals surface area contributed by atoms with Crippen molar-refractivity contribution in [2.75, 3.05) is 19.7 Å². The largest absolute Gasteiger partial charge is 0.387 e. The fourth-order valence-electron chi connectivity index (χ4n) is 3.62. The molecule has 1 aliphatic heterocycles. The van der Waals surface area contributed by atoms with Gasteiger partial charge in [0.2, 0.25) is 5.91 Å². The average Bonchev–Trinajstić information content (AvgIpc) is 3.33. The molecule has 0 saturated carbocycles. The second-order valence-electron chi connectivity index (χ2n) is 9.72. The summed E-state index contributed by atoms with van der Waals surface area (Å²) in [5.41, 5.74) is 8.72. The zero-order valence-corrected chi connectivity index (χ0v) is 22.4. The van der Waals surface area contributed by atoms with E-state index in [1.807, 2.05) is 34.1 Å². The molecule has 3 heterocycles. The Labute approximate surface area is 202 Å². The van der Waals surface area contributed by atoms with Gasteiger partial charge in [-0.2, -0.15) is 5.10 Å². The minimum atomic E-state index is -1.10. The third kappa shape index (κ3) is 7.12. The third-order valence-electron chi connectivity index (χ3n) is 5.37. The monoisotopic (exact) mass is 487 g/mol. The van der Waals surface area contributed by atoms with Gasteiger partial charge in [-0.05, 0) is 31.0 Å². The molecule has 2 aromatic heterocycles. The normalized spacial score (nSPS) is 13.8. The van der Waals surface area contributed by atoms with Gasteiger partial charge in [-0.1, -0.05) is 33.5 Å². The third-order valence-corrected chi connectivity index (χ3v) is 8.19. The molecule has 0 radical (unpaired) electrons. The van der Waals surface area contributed by atoms with Gasteiger partial charge in [0.1, 0.15) is 12.6 Å². The van der Waals surface area contributed by atoms with E-state index in [1.165, 1.54) is 0 Å². The minimum Gasteiger partial charge on any atom is -0.387 e. The van der Waals surface area contributed by atoms with E-state index in [4.69, 9.17) is 10.5 Å². The van der Waals surface area contributed by atoms with Gasteiger partial charge in [0.05, 0.1) is 16.8 Å². The standard InChI is InChI=1S/C24H37N5O2SSi/c1-6-8-28(9-7-2)24(30)18-12-22-20(27-23(25)13-18)14-21(32-22)19-15-26-29(16-19)17-31-10-11-33(3,4)5/h12,14-16H,6-11,13,17H2,1-5H3,(H2,25,27). The summed E-state index contributed by atoms with van der Waals surface area (Å²) in [4.78, 5) is 21.7. The number of hydrogen-bond acceptors (Lipinski definition) is 6. The Morgan fingerprint density at radius 3 is 2.67 bits per heavy atom. The maximum Gasteiger partial charge on any atom is 0.250 e. The molecule has 3 rings (SSSR count).